The topological polar surface area (TPSA) is 86.7 Å². The molecule has 1 saturated carbocycles. The van der Waals surface area contributed by atoms with Gasteiger partial charge in [-0.15, -0.1) is 0 Å². The predicted molar refractivity (Wildman–Crippen MR) is 112 cm³/mol. The van der Waals surface area contributed by atoms with Crippen LogP contribution in [0.4, 0.5) is 18.0 Å². The number of hydrogen-bond donors (Lipinski definition) is 2. The number of carbonyl (C=O) groups excluding carboxylic acids is 2. The normalized spacial score (nSPS) is 27.5. The molecule has 0 aromatic heterocycles. The van der Waals surface area contributed by atoms with Crippen molar-refractivity contribution in [3.63, 3.8) is 0 Å². The van der Waals surface area contributed by atoms with Gasteiger partial charge in [0.05, 0.1) is 5.92 Å². The number of nitrogens with one attached hydrogen (secondary N) is 1. The molecule has 0 aromatic carbocycles. The minimum absolute atomic E-state index is 0.268. The van der Waals surface area contributed by atoms with Crippen molar-refractivity contribution < 1.29 is 32.7 Å². The second-order valence-corrected chi connectivity index (χ2v) is 9.21. The van der Waals surface area contributed by atoms with Crippen molar-refractivity contribution in [2.24, 2.45) is 17.8 Å². The second kappa shape index (κ2) is 10.1. The number of aliphatic carboxylic acids is 1. The number of likely N-dealkylation sites (tertiary alicyclic amines) is 1. The van der Waals surface area contributed by atoms with Crippen molar-refractivity contribution >= 4 is 17.9 Å². The molecule has 6 nitrogen and oxygen atoms in total. The molecule has 0 bridgehead atoms. The van der Waals surface area contributed by atoms with Crippen LogP contribution in [0.2, 0.25) is 0 Å². The molecule has 4 unspecified atom stereocenters. The molecule has 1 saturated heterocycles. The fourth-order valence-corrected chi connectivity index (χ4v) is 5.09. The number of rotatable bonds is 7. The highest BCUT2D eigenvalue weighted by atomic mass is 19.4. The van der Waals surface area contributed by atoms with Crippen LogP contribution in [0, 0.1) is 17.8 Å². The van der Waals surface area contributed by atoms with E-state index in [-0.39, 0.29) is 6.42 Å². The number of carboxylic acids is 1. The van der Waals surface area contributed by atoms with Crippen molar-refractivity contribution in [1.29, 1.82) is 0 Å². The van der Waals surface area contributed by atoms with Gasteiger partial charge in [0.2, 0.25) is 5.91 Å². The summed E-state index contributed by atoms with van der Waals surface area (Å²) in [6.45, 7) is 2.09. The Labute approximate surface area is 185 Å². The van der Waals surface area contributed by atoms with Crippen molar-refractivity contribution in [3.8, 4) is 0 Å². The molecule has 3 rings (SSSR count). The summed E-state index contributed by atoms with van der Waals surface area (Å²) in [4.78, 5) is 37.3. The van der Waals surface area contributed by atoms with Gasteiger partial charge in [-0.3, -0.25) is 4.79 Å². The molecule has 2 aliphatic carbocycles. The number of amides is 3. The molecule has 2 N–H and O–H groups in total. The SMILES string of the molecule is CC1C=C(CCCC2C(=O)N(C(=O)NC(C3CCCCC3)C(F)(F)F)C2C(=O)O)C=CC1. The molecule has 178 valence electrons. The monoisotopic (exact) mass is 456 g/mol. The van der Waals surface area contributed by atoms with Crippen molar-refractivity contribution in [3.05, 3.63) is 23.8 Å². The van der Waals surface area contributed by atoms with Crippen LogP contribution in [-0.2, 0) is 9.59 Å². The predicted octanol–water partition coefficient (Wildman–Crippen LogP) is 4.81. The first kappa shape index (κ1) is 24.3. The molecular weight excluding hydrogens is 425 g/mol. The maximum Gasteiger partial charge on any atom is 0.408 e. The van der Waals surface area contributed by atoms with E-state index in [9.17, 15) is 32.7 Å². The minimum Gasteiger partial charge on any atom is -0.480 e. The van der Waals surface area contributed by atoms with E-state index < -0.39 is 48.0 Å². The molecule has 2 fully saturated rings. The zero-order chi connectivity index (χ0) is 23.5. The van der Waals surface area contributed by atoms with E-state index in [0.717, 1.165) is 18.4 Å². The van der Waals surface area contributed by atoms with Crippen LogP contribution in [0.15, 0.2) is 23.8 Å². The van der Waals surface area contributed by atoms with E-state index in [4.69, 9.17) is 0 Å². The zero-order valence-corrected chi connectivity index (χ0v) is 18.2. The first-order chi connectivity index (χ1) is 15.1. The Balaban J connectivity index is 1.61. The van der Waals surface area contributed by atoms with E-state index in [1.165, 1.54) is 0 Å². The van der Waals surface area contributed by atoms with Gasteiger partial charge < -0.3 is 10.4 Å². The van der Waals surface area contributed by atoms with Gasteiger partial charge in [-0.1, -0.05) is 50.0 Å². The van der Waals surface area contributed by atoms with Crippen molar-refractivity contribution in [2.45, 2.75) is 83.0 Å². The van der Waals surface area contributed by atoms with Gasteiger partial charge in [-0.25, -0.2) is 14.5 Å². The summed E-state index contributed by atoms with van der Waals surface area (Å²) < 4.78 is 40.8. The van der Waals surface area contributed by atoms with Crippen LogP contribution < -0.4 is 5.32 Å². The van der Waals surface area contributed by atoms with E-state index in [0.29, 0.717) is 49.3 Å². The Kier molecular flexibility index (Phi) is 7.67. The Bertz CT molecular complexity index is 787. The molecule has 3 aliphatic rings. The average molecular weight is 457 g/mol. The number of imide groups is 1. The lowest BCUT2D eigenvalue weighted by Gasteiger charge is -2.44. The van der Waals surface area contributed by atoms with Gasteiger partial charge in [0, 0.05) is 0 Å². The fourth-order valence-electron chi connectivity index (χ4n) is 5.09. The summed E-state index contributed by atoms with van der Waals surface area (Å²) in [5, 5.41) is 11.5. The van der Waals surface area contributed by atoms with Gasteiger partial charge in [0.15, 0.2) is 6.04 Å². The lowest BCUT2D eigenvalue weighted by atomic mass is 9.82. The standard InChI is InChI=1S/C23H31F3N2O4/c1-14-7-5-8-15(13-14)9-6-12-17-18(21(30)31)28(20(17)29)22(32)27-19(23(24,25)26)16-10-3-2-4-11-16/h5,8,13-14,16-19H,2-4,6-7,9-12H2,1H3,(H,27,32)(H,30,31). The Morgan fingerprint density at radius 1 is 1.25 bits per heavy atom. The van der Waals surface area contributed by atoms with Crippen LogP contribution in [0.5, 0.6) is 0 Å². The smallest absolute Gasteiger partial charge is 0.408 e. The number of halogens is 3. The summed E-state index contributed by atoms with van der Waals surface area (Å²) in [5.41, 5.74) is 1.12. The Morgan fingerprint density at radius 2 is 1.94 bits per heavy atom. The molecule has 1 aliphatic heterocycles. The maximum absolute atomic E-state index is 13.6. The number of alkyl halides is 3. The highest BCUT2D eigenvalue weighted by Crippen LogP contribution is 2.36. The third-order valence-corrected chi connectivity index (χ3v) is 6.76. The highest BCUT2D eigenvalue weighted by molar-refractivity contribution is 6.07. The molecule has 3 amide bonds. The van der Waals surface area contributed by atoms with E-state index in [1.807, 2.05) is 11.4 Å². The Hall–Kier alpha value is -2.32. The first-order valence-electron chi connectivity index (χ1n) is 11.4. The van der Waals surface area contributed by atoms with Crippen LogP contribution >= 0.6 is 0 Å². The molecule has 0 aromatic rings. The molecule has 1 heterocycles. The summed E-state index contributed by atoms with van der Waals surface area (Å²) in [5.74, 6) is -3.33. The third kappa shape index (κ3) is 5.53. The van der Waals surface area contributed by atoms with Crippen LogP contribution in [0.25, 0.3) is 0 Å². The number of β-lactam (4-membered cyclic amide) rings is 1. The van der Waals surface area contributed by atoms with Gasteiger partial charge >= 0.3 is 18.2 Å². The second-order valence-electron chi connectivity index (χ2n) is 9.21. The average Bonchev–Trinajstić information content (AvgIpc) is 2.72. The number of nitrogens with zero attached hydrogens (tertiary/aromatic N) is 1. The summed E-state index contributed by atoms with van der Waals surface area (Å²) in [6.07, 6.45) is 6.88. The van der Waals surface area contributed by atoms with Crippen LogP contribution in [0.1, 0.15) is 64.7 Å². The lowest BCUT2D eigenvalue weighted by molar-refractivity contribution is -0.173. The quantitative estimate of drug-likeness (QED) is 0.538. The van der Waals surface area contributed by atoms with Gasteiger partial charge in [0.25, 0.3) is 0 Å². The van der Waals surface area contributed by atoms with Gasteiger partial charge in [-0.05, 0) is 50.4 Å². The largest absolute Gasteiger partial charge is 0.480 e. The van der Waals surface area contributed by atoms with Crippen molar-refractivity contribution in [2.75, 3.05) is 0 Å². The number of carbonyl (C=O) groups is 3. The van der Waals surface area contributed by atoms with Crippen LogP contribution in [0.3, 0.4) is 0 Å². The molecule has 0 radical (unpaired) electrons. The molecule has 0 spiro atoms. The third-order valence-electron chi connectivity index (χ3n) is 6.76. The molecule has 9 heteroatoms. The van der Waals surface area contributed by atoms with E-state index in [1.54, 1.807) is 0 Å². The Morgan fingerprint density at radius 3 is 2.53 bits per heavy atom. The molecule has 32 heavy (non-hydrogen) atoms. The van der Waals surface area contributed by atoms with Gasteiger partial charge in [-0.2, -0.15) is 13.2 Å². The van der Waals surface area contributed by atoms with E-state index in [2.05, 4.69) is 19.1 Å². The number of urea groups is 1. The van der Waals surface area contributed by atoms with E-state index >= 15 is 0 Å². The number of carboxylic acid groups (broad SMARTS) is 1. The summed E-state index contributed by atoms with van der Waals surface area (Å²) >= 11 is 0. The number of hydrogen-bond acceptors (Lipinski definition) is 3. The maximum atomic E-state index is 13.6. The minimum atomic E-state index is -4.66. The number of allylic oxidation sites excluding steroid dienone is 4. The highest BCUT2D eigenvalue weighted by Gasteiger charge is 2.56. The van der Waals surface area contributed by atoms with Crippen molar-refractivity contribution in [1.82, 2.24) is 10.2 Å². The molecule has 4 atom stereocenters. The van der Waals surface area contributed by atoms with Crippen LogP contribution in [-0.4, -0.2) is 46.2 Å². The summed E-state index contributed by atoms with van der Waals surface area (Å²) in [6, 6.07) is -4.78. The molecular formula is C23H31F3N2O4. The lowest BCUT2D eigenvalue weighted by Crippen LogP contribution is -2.69. The summed E-state index contributed by atoms with van der Waals surface area (Å²) in [7, 11) is 0. The van der Waals surface area contributed by atoms with Gasteiger partial charge in [0.1, 0.15) is 6.04 Å². The fraction of sp³-hybridized carbons (Fsp3) is 0.696. The first-order valence-corrected chi connectivity index (χ1v) is 11.4. The zero-order valence-electron chi connectivity index (χ0n) is 18.2.